The predicted octanol–water partition coefficient (Wildman–Crippen LogP) is 2.69. The molecule has 1 atom stereocenters. The first kappa shape index (κ1) is 9.00. The number of aromatic nitrogens is 2. The molecule has 0 saturated heterocycles. The molecule has 2 aromatic rings. The van der Waals surface area contributed by atoms with Crippen molar-refractivity contribution in [2.75, 3.05) is 0 Å². The average Bonchev–Trinajstić information content (AvgIpc) is 2.72. The Bertz CT molecular complexity index is 364. The molecule has 2 nitrogen and oxygen atoms in total. The van der Waals surface area contributed by atoms with Crippen LogP contribution >= 0.6 is 0 Å². The molecule has 0 aliphatic rings. The van der Waals surface area contributed by atoms with Crippen LogP contribution in [0.2, 0.25) is 0 Å². The molecule has 0 saturated carbocycles. The third-order valence-corrected chi connectivity index (χ3v) is 2.41. The Morgan fingerprint density at radius 1 is 1.29 bits per heavy atom. The van der Waals surface area contributed by atoms with E-state index in [9.17, 15) is 0 Å². The normalized spacial score (nSPS) is 12.6. The Labute approximate surface area is 84.2 Å². The second kappa shape index (κ2) is 4.09. The molecule has 0 bridgehead atoms. The maximum Gasteiger partial charge on any atom is 0.0946 e. The maximum absolute atomic E-state index is 4.03. The van der Waals surface area contributed by atoms with Gasteiger partial charge in [0.25, 0.3) is 0 Å². The number of hydrogen-bond acceptors (Lipinski definition) is 1. The summed E-state index contributed by atoms with van der Waals surface area (Å²) in [7, 11) is 0. The monoisotopic (exact) mass is 186 g/mol. The summed E-state index contributed by atoms with van der Waals surface area (Å²) in [5, 5.41) is 0. The lowest BCUT2D eigenvalue weighted by Crippen LogP contribution is -2.03. The molecule has 0 spiro atoms. The second-order valence-electron chi connectivity index (χ2n) is 3.57. The Kier molecular flexibility index (Phi) is 2.63. The molecule has 0 N–H and O–H groups in total. The maximum atomic E-state index is 4.03. The fourth-order valence-corrected chi connectivity index (χ4v) is 1.60. The minimum atomic E-state index is 0.533. The highest BCUT2D eigenvalue weighted by Gasteiger charge is 2.04. The zero-order valence-electron chi connectivity index (χ0n) is 8.30. The van der Waals surface area contributed by atoms with Gasteiger partial charge in [-0.2, -0.15) is 0 Å². The summed E-state index contributed by atoms with van der Waals surface area (Å²) in [6.07, 6.45) is 5.68. The van der Waals surface area contributed by atoms with Gasteiger partial charge in [-0.25, -0.2) is 4.98 Å². The quantitative estimate of drug-likeness (QED) is 0.720. The molecule has 0 aliphatic carbocycles. The van der Waals surface area contributed by atoms with Crippen LogP contribution in [0.15, 0.2) is 49.1 Å². The summed E-state index contributed by atoms with van der Waals surface area (Å²) in [4.78, 5) is 4.03. The molecule has 1 aromatic heterocycles. The van der Waals surface area contributed by atoms with E-state index in [2.05, 4.69) is 40.7 Å². The SMILES string of the molecule is C[C@@H](Cn1ccnc1)c1ccccc1. The van der Waals surface area contributed by atoms with Gasteiger partial charge in [-0.3, -0.25) is 0 Å². The highest BCUT2D eigenvalue weighted by atomic mass is 15.0. The lowest BCUT2D eigenvalue weighted by atomic mass is 10.0. The standard InChI is InChI=1S/C12H14N2/c1-11(9-14-8-7-13-10-14)12-5-3-2-4-6-12/h2-8,10-11H,9H2,1H3/t11-/m0/s1. The van der Waals surface area contributed by atoms with E-state index in [1.807, 2.05) is 24.8 Å². The Hall–Kier alpha value is -1.57. The van der Waals surface area contributed by atoms with Crippen molar-refractivity contribution in [2.24, 2.45) is 0 Å². The van der Waals surface area contributed by atoms with Gasteiger partial charge in [0, 0.05) is 18.9 Å². The van der Waals surface area contributed by atoms with Crippen molar-refractivity contribution in [3.05, 3.63) is 54.6 Å². The van der Waals surface area contributed by atoms with Gasteiger partial charge >= 0.3 is 0 Å². The fourth-order valence-electron chi connectivity index (χ4n) is 1.60. The van der Waals surface area contributed by atoms with Gasteiger partial charge in [-0.1, -0.05) is 37.3 Å². The molecular weight excluding hydrogens is 172 g/mol. The molecule has 2 heteroatoms. The smallest absolute Gasteiger partial charge is 0.0946 e. The fraction of sp³-hybridized carbons (Fsp3) is 0.250. The average molecular weight is 186 g/mol. The minimum absolute atomic E-state index is 0.533. The first-order chi connectivity index (χ1) is 6.86. The largest absolute Gasteiger partial charge is 0.337 e. The molecule has 0 aliphatic heterocycles. The van der Waals surface area contributed by atoms with Crippen LogP contribution in [0.4, 0.5) is 0 Å². The van der Waals surface area contributed by atoms with Crippen molar-refractivity contribution in [3.63, 3.8) is 0 Å². The lowest BCUT2D eigenvalue weighted by molar-refractivity contribution is 0.597. The van der Waals surface area contributed by atoms with E-state index in [0.29, 0.717) is 5.92 Å². The molecule has 0 radical (unpaired) electrons. The molecule has 1 heterocycles. The summed E-state index contributed by atoms with van der Waals surface area (Å²) >= 11 is 0. The van der Waals surface area contributed by atoms with E-state index in [1.54, 1.807) is 0 Å². The Morgan fingerprint density at radius 2 is 2.07 bits per heavy atom. The molecule has 0 amide bonds. The van der Waals surface area contributed by atoms with Crippen molar-refractivity contribution in [1.29, 1.82) is 0 Å². The van der Waals surface area contributed by atoms with E-state index in [1.165, 1.54) is 5.56 Å². The molecule has 2 rings (SSSR count). The van der Waals surface area contributed by atoms with Gasteiger partial charge < -0.3 is 4.57 Å². The van der Waals surface area contributed by atoms with E-state index < -0.39 is 0 Å². The summed E-state index contributed by atoms with van der Waals surface area (Å²) in [6, 6.07) is 10.6. The molecule has 1 aromatic carbocycles. The van der Waals surface area contributed by atoms with Gasteiger partial charge in [0.2, 0.25) is 0 Å². The van der Waals surface area contributed by atoms with E-state index in [4.69, 9.17) is 0 Å². The second-order valence-corrected chi connectivity index (χ2v) is 3.57. The van der Waals surface area contributed by atoms with Crippen molar-refractivity contribution < 1.29 is 0 Å². The number of nitrogens with zero attached hydrogens (tertiary/aromatic N) is 2. The van der Waals surface area contributed by atoms with Gasteiger partial charge in [0.15, 0.2) is 0 Å². The van der Waals surface area contributed by atoms with Crippen LogP contribution in [0.25, 0.3) is 0 Å². The predicted molar refractivity (Wildman–Crippen MR) is 57.1 cm³/mol. The Morgan fingerprint density at radius 3 is 2.71 bits per heavy atom. The van der Waals surface area contributed by atoms with E-state index in [-0.39, 0.29) is 0 Å². The molecule has 0 fully saturated rings. The third-order valence-electron chi connectivity index (χ3n) is 2.41. The van der Waals surface area contributed by atoms with Gasteiger partial charge in [0.05, 0.1) is 6.33 Å². The lowest BCUT2D eigenvalue weighted by Gasteiger charge is -2.11. The highest BCUT2D eigenvalue weighted by molar-refractivity contribution is 5.18. The number of hydrogen-bond donors (Lipinski definition) is 0. The number of benzene rings is 1. The highest BCUT2D eigenvalue weighted by Crippen LogP contribution is 2.16. The first-order valence-corrected chi connectivity index (χ1v) is 4.87. The summed E-state index contributed by atoms with van der Waals surface area (Å²) < 4.78 is 2.11. The van der Waals surface area contributed by atoms with Crippen LogP contribution in [0.1, 0.15) is 18.4 Å². The number of imidazole rings is 1. The minimum Gasteiger partial charge on any atom is -0.337 e. The topological polar surface area (TPSA) is 17.8 Å². The van der Waals surface area contributed by atoms with E-state index >= 15 is 0 Å². The summed E-state index contributed by atoms with van der Waals surface area (Å²) in [6.45, 7) is 3.22. The van der Waals surface area contributed by atoms with Crippen LogP contribution in [0.5, 0.6) is 0 Å². The molecule has 0 unspecified atom stereocenters. The van der Waals surface area contributed by atoms with Gasteiger partial charge in [-0.15, -0.1) is 0 Å². The number of rotatable bonds is 3. The van der Waals surface area contributed by atoms with Crippen LogP contribution in [0, 0.1) is 0 Å². The van der Waals surface area contributed by atoms with E-state index in [0.717, 1.165) is 6.54 Å². The molecule has 14 heavy (non-hydrogen) atoms. The molecule has 72 valence electrons. The van der Waals surface area contributed by atoms with Crippen LogP contribution < -0.4 is 0 Å². The van der Waals surface area contributed by atoms with Crippen molar-refractivity contribution in [2.45, 2.75) is 19.4 Å². The van der Waals surface area contributed by atoms with Gasteiger partial charge in [-0.05, 0) is 11.5 Å². The molecular formula is C12H14N2. The first-order valence-electron chi connectivity index (χ1n) is 4.87. The van der Waals surface area contributed by atoms with Crippen molar-refractivity contribution in [3.8, 4) is 0 Å². The van der Waals surface area contributed by atoms with Crippen molar-refractivity contribution in [1.82, 2.24) is 9.55 Å². The zero-order valence-corrected chi connectivity index (χ0v) is 8.30. The summed E-state index contributed by atoms with van der Waals surface area (Å²) in [5.41, 5.74) is 1.38. The Balaban J connectivity index is 2.07. The van der Waals surface area contributed by atoms with Crippen LogP contribution in [-0.2, 0) is 6.54 Å². The van der Waals surface area contributed by atoms with Gasteiger partial charge in [0.1, 0.15) is 0 Å². The third kappa shape index (κ3) is 2.02. The van der Waals surface area contributed by atoms with Crippen molar-refractivity contribution >= 4 is 0 Å². The zero-order chi connectivity index (χ0) is 9.80. The van der Waals surface area contributed by atoms with Crippen LogP contribution in [0.3, 0.4) is 0 Å². The summed E-state index contributed by atoms with van der Waals surface area (Å²) in [5.74, 6) is 0.533. The van der Waals surface area contributed by atoms with Crippen LogP contribution in [-0.4, -0.2) is 9.55 Å².